The van der Waals surface area contributed by atoms with Crippen molar-refractivity contribution in [2.45, 2.75) is 5.37 Å². The molecule has 1 fully saturated rings. The van der Waals surface area contributed by atoms with Crippen LogP contribution in [0.1, 0.15) is 10.9 Å². The van der Waals surface area contributed by atoms with E-state index in [4.69, 9.17) is 0 Å². The first-order chi connectivity index (χ1) is 11.2. The zero-order valence-corrected chi connectivity index (χ0v) is 13.1. The Labute approximate surface area is 137 Å². The van der Waals surface area contributed by atoms with E-state index in [-0.39, 0.29) is 17.1 Å². The third-order valence-electron chi connectivity index (χ3n) is 4.03. The summed E-state index contributed by atoms with van der Waals surface area (Å²) in [7, 11) is 0. The highest BCUT2D eigenvalue weighted by molar-refractivity contribution is 8.00. The van der Waals surface area contributed by atoms with Crippen molar-refractivity contribution < 1.29 is 9.18 Å². The molecule has 1 heterocycles. The highest BCUT2D eigenvalue weighted by Gasteiger charge is 2.34. The summed E-state index contributed by atoms with van der Waals surface area (Å²) in [4.78, 5) is 14.2. The monoisotopic (exact) mass is 323 g/mol. The van der Waals surface area contributed by atoms with E-state index in [1.54, 1.807) is 23.9 Å². The van der Waals surface area contributed by atoms with Crippen molar-refractivity contribution in [3.8, 4) is 0 Å². The lowest BCUT2D eigenvalue weighted by Crippen LogP contribution is -2.27. The zero-order chi connectivity index (χ0) is 15.8. The van der Waals surface area contributed by atoms with Crippen LogP contribution in [0.3, 0.4) is 0 Å². The summed E-state index contributed by atoms with van der Waals surface area (Å²) in [5, 5.41) is 2.14. The lowest BCUT2D eigenvalue weighted by atomic mass is 10.1. The molecule has 0 radical (unpaired) electrons. The van der Waals surface area contributed by atoms with Gasteiger partial charge in [0.2, 0.25) is 5.91 Å². The highest BCUT2D eigenvalue weighted by atomic mass is 32.2. The van der Waals surface area contributed by atoms with Gasteiger partial charge in [-0.25, -0.2) is 4.39 Å². The molecule has 0 unspecified atom stereocenters. The highest BCUT2D eigenvalue weighted by Crippen LogP contribution is 2.42. The molecule has 1 atom stereocenters. The van der Waals surface area contributed by atoms with Gasteiger partial charge in [-0.05, 0) is 40.6 Å². The summed E-state index contributed by atoms with van der Waals surface area (Å²) in [5.74, 6) is 0.259. The Morgan fingerprint density at radius 3 is 2.48 bits per heavy atom. The number of fused-ring (bicyclic) bond motifs is 1. The molecule has 1 aliphatic heterocycles. The molecule has 114 valence electrons. The fourth-order valence-electron chi connectivity index (χ4n) is 2.90. The summed E-state index contributed by atoms with van der Waals surface area (Å²) >= 11 is 1.57. The number of anilines is 1. The van der Waals surface area contributed by atoms with Gasteiger partial charge in [-0.3, -0.25) is 9.69 Å². The van der Waals surface area contributed by atoms with Crippen LogP contribution in [0, 0.1) is 5.82 Å². The topological polar surface area (TPSA) is 20.3 Å². The molecule has 4 rings (SSSR count). The third kappa shape index (κ3) is 2.59. The Kier molecular flexibility index (Phi) is 3.54. The maximum absolute atomic E-state index is 13.2. The van der Waals surface area contributed by atoms with E-state index >= 15 is 0 Å². The molecule has 0 aliphatic carbocycles. The largest absolute Gasteiger partial charge is 0.295 e. The first-order valence-electron chi connectivity index (χ1n) is 7.40. The van der Waals surface area contributed by atoms with Gasteiger partial charge in [0.1, 0.15) is 11.2 Å². The number of hydrogen-bond acceptors (Lipinski definition) is 2. The number of amides is 1. The smallest absolute Gasteiger partial charge is 0.238 e. The maximum Gasteiger partial charge on any atom is 0.238 e. The standard InChI is InChI=1S/C19H14FNOS/c20-16-8-5-14(6-9-16)19-21(18(22)12-23-19)17-10-7-13-3-1-2-4-15(13)11-17/h1-11,19H,12H2/t19-/m0/s1. The van der Waals surface area contributed by atoms with Crippen LogP contribution in [0.5, 0.6) is 0 Å². The fourth-order valence-corrected chi connectivity index (χ4v) is 4.08. The molecule has 0 bridgehead atoms. The molecule has 4 heteroatoms. The van der Waals surface area contributed by atoms with Gasteiger partial charge >= 0.3 is 0 Å². The maximum atomic E-state index is 13.2. The van der Waals surface area contributed by atoms with Gasteiger partial charge in [-0.1, -0.05) is 42.5 Å². The Bertz CT molecular complexity index is 878. The van der Waals surface area contributed by atoms with E-state index < -0.39 is 0 Å². The average molecular weight is 323 g/mol. The number of hydrogen-bond donors (Lipinski definition) is 0. The predicted octanol–water partition coefficient (Wildman–Crippen LogP) is 4.76. The number of benzene rings is 3. The second kappa shape index (κ2) is 5.70. The fraction of sp³-hybridized carbons (Fsp3) is 0.105. The number of thioether (sulfide) groups is 1. The van der Waals surface area contributed by atoms with Crippen LogP contribution in [-0.4, -0.2) is 11.7 Å². The third-order valence-corrected chi connectivity index (χ3v) is 5.25. The van der Waals surface area contributed by atoms with E-state index in [0.29, 0.717) is 5.75 Å². The number of nitrogens with zero attached hydrogens (tertiary/aromatic N) is 1. The van der Waals surface area contributed by atoms with Crippen molar-refractivity contribution in [3.63, 3.8) is 0 Å². The Balaban J connectivity index is 1.76. The van der Waals surface area contributed by atoms with E-state index in [0.717, 1.165) is 22.0 Å². The molecule has 0 N–H and O–H groups in total. The van der Waals surface area contributed by atoms with E-state index in [1.807, 2.05) is 41.3 Å². The molecule has 2 nitrogen and oxygen atoms in total. The van der Waals surface area contributed by atoms with Gasteiger partial charge in [0.25, 0.3) is 0 Å². The van der Waals surface area contributed by atoms with E-state index in [2.05, 4.69) is 6.07 Å². The van der Waals surface area contributed by atoms with Crippen LogP contribution < -0.4 is 4.90 Å². The van der Waals surface area contributed by atoms with Gasteiger partial charge in [-0.15, -0.1) is 11.8 Å². The van der Waals surface area contributed by atoms with Crippen molar-refractivity contribution >= 4 is 34.1 Å². The average Bonchev–Trinajstić information content (AvgIpc) is 2.97. The summed E-state index contributed by atoms with van der Waals surface area (Å²) in [6.07, 6.45) is 0. The van der Waals surface area contributed by atoms with Gasteiger partial charge in [0.15, 0.2) is 0 Å². The van der Waals surface area contributed by atoms with Crippen molar-refractivity contribution in [1.82, 2.24) is 0 Å². The molecule has 3 aromatic carbocycles. The minimum atomic E-state index is -0.264. The van der Waals surface area contributed by atoms with Crippen LogP contribution in [0.15, 0.2) is 66.7 Å². The van der Waals surface area contributed by atoms with Crippen LogP contribution in [0.4, 0.5) is 10.1 Å². The summed E-state index contributed by atoms with van der Waals surface area (Å²) in [5.41, 5.74) is 1.82. The number of rotatable bonds is 2. The number of carbonyl (C=O) groups is 1. The zero-order valence-electron chi connectivity index (χ0n) is 12.3. The van der Waals surface area contributed by atoms with Crippen LogP contribution >= 0.6 is 11.8 Å². The van der Waals surface area contributed by atoms with Crippen LogP contribution in [0.25, 0.3) is 10.8 Å². The lowest BCUT2D eigenvalue weighted by Gasteiger charge is -2.24. The molecule has 0 saturated carbocycles. The van der Waals surface area contributed by atoms with Crippen LogP contribution in [0.2, 0.25) is 0 Å². The molecule has 1 amide bonds. The summed E-state index contributed by atoms with van der Waals surface area (Å²) < 4.78 is 13.2. The molecule has 1 aliphatic rings. The first kappa shape index (κ1) is 14.3. The molecule has 0 spiro atoms. The summed E-state index contributed by atoms with van der Waals surface area (Å²) in [6.45, 7) is 0. The predicted molar refractivity (Wildman–Crippen MR) is 93.0 cm³/mol. The SMILES string of the molecule is O=C1CS[C@@H](c2ccc(F)cc2)N1c1ccc2ccccc2c1. The van der Waals surface area contributed by atoms with Gasteiger partial charge < -0.3 is 0 Å². The van der Waals surface area contributed by atoms with Crippen LogP contribution in [-0.2, 0) is 4.79 Å². The second-order valence-electron chi connectivity index (χ2n) is 5.51. The van der Waals surface area contributed by atoms with E-state index in [9.17, 15) is 9.18 Å². The Hall–Kier alpha value is -2.33. The number of carbonyl (C=O) groups excluding carboxylic acids is 1. The van der Waals surface area contributed by atoms with Gasteiger partial charge in [-0.2, -0.15) is 0 Å². The van der Waals surface area contributed by atoms with Crippen molar-refractivity contribution in [3.05, 3.63) is 78.1 Å². The normalized spacial score (nSPS) is 17.9. The molecule has 23 heavy (non-hydrogen) atoms. The lowest BCUT2D eigenvalue weighted by molar-refractivity contribution is -0.115. The quantitative estimate of drug-likeness (QED) is 0.678. The van der Waals surface area contributed by atoms with Gasteiger partial charge in [0, 0.05) is 5.69 Å². The number of halogens is 1. The summed E-state index contributed by atoms with van der Waals surface area (Å²) in [6, 6.07) is 20.5. The Morgan fingerprint density at radius 1 is 0.957 bits per heavy atom. The molecular formula is C19H14FNOS. The molecular weight excluding hydrogens is 309 g/mol. The van der Waals surface area contributed by atoms with Crippen molar-refractivity contribution in [1.29, 1.82) is 0 Å². The van der Waals surface area contributed by atoms with Crippen molar-refractivity contribution in [2.24, 2.45) is 0 Å². The molecule has 0 aromatic heterocycles. The van der Waals surface area contributed by atoms with E-state index in [1.165, 1.54) is 12.1 Å². The minimum absolute atomic E-state index is 0.0830. The first-order valence-corrected chi connectivity index (χ1v) is 8.45. The second-order valence-corrected chi connectivity index (χ2v) is 6.58. The minimum Gasteiger partial charge on any atom is -0.295 e. The molecule has 3 aromatic rings. The Morgan fingerprint density at radius 2 is 1.70 bits per heavy atom. The van der Waals surface area contributed by atoms with Crippen molar-refractivity contribution in [2.75, 3.05) is 10.7 Å². The molecule has 1 saturated heterocycles. The van der Waals surface area contributed by atoms with Gasteiger partial charge in [0.05, 0.1) is 5.75 Å².